The van der Waals surface area contributed by atoms with Crippen molar-refractivity contribution in [1.82, 2.24) is 0 Å². The first-order valence-electron chi connectivity index (χ1n) is 7.19. The molecule has 0 heterocycles. The SMILES string of the molecule is C[Si](C)(Cc1cccc2ccccc12)c1ccccc1. The standard InChI is InChI=1S/C19H20Si/c1-20(2,18-12-4-3-5-13-18)15-17-11-8-10-16-9-6-7-14-19(16)17/h3-14H,15H2,1-2H3. The summed E-state index contributed by atoms with van der Waals surface area (Å²) in [6.07, 6.45) is 0. The maximum Gasteiger partial charge on any atom is 0.0849 e. The van der Waals surface area contributed by atoms with Gasteiger partial charge >= 0.3 is 0 Å². The first kappa shape index (κ1) is 13.1. The third-order valence-electron chi connectivity index (χ3n) is 4.07. The van der Waals surface area contributed by atoms with E-state index in [1.165, 1.54) is 27.6 Å². The molecule has 0 nitrogen and oxygen atoms in total. The number of benzene rings is 3. The zero-order valence-electron chi connectivity index (χ0n) is 12.1. The minimum Gasteiger partial charge on any atom is -0.0652 e. The van der Waals surface area contributed by atoms with E-state index in [1.807, 2.05) is 0 Å². The van der Waals surface area contributed by atoms with Crippen LogP contribution in [0.25, 0.3) is 10.8 Å². The number of rotatable bonds is 3. The van der Waals surface area contributed by atoms with Crippen molar-refractivity contribution < 1.29 is 0 Å². The smallest absolute Gasteiger partial charge is 0.0652 e. The highest BCUT2D eigenvalue weighted by molar-refractivity contribution is 6.89. The number of hydrogen-bond acceptors (Lipinski definition) is 0. The molecule has 0 aliphatic rings. The molecule has 1 heteroatoms. The number of hydrogen-bond donors (Lipinski definition) is 0. The Balaban J connectivity index is 2.01. The van der Waals surface area contributed by atoms with Gasteiger partial charge in [0.15, 0.2) is 0 Å². The van der Waals surface area contributed by atoms with Gasteiger partial charge in [-0.1, -0.05) is 91.1 Å². The van der Waals surface area contributed by atoms with Crippen LogP contribution < -0.4 is 5.19 Å². The van der Waals surface area contributed by atoms with Crippen molar-refractivity contribution in [1.29, 1.82) is 0 Å². The van der Waals surface area contributed by atoms with E-state index in [9.17, 15) is 0 Å². The average Bonchev–Trinajstić information content (AvgIpc) is 2.48. The van der Waals surface area contributed by atoms with E-state index in [2.05, 4.69) is 85.9 Å². The molecule has 0 spiro atoms. The fourth-order valence-electron chi connectivity index (χ4n) is 2.91. The third-order valence-corrected chi connectivity index (χ3v) is 7.23. The lowest BCUT2D eigenvalue weighted by atomic mass is 10.1. The molecule has 0 bridgehead atoms. The van der Waals surface area contributed by atoms with Gasteiger partial charge in [0.25, 0.3) is 0 Å². The lowest BCUT2D eigenvalue weighted by Crippen LogP contribution is -2.43. The molecule has 3 aromatic rings. The van der Waals surface area contributed by atoms with Crippen LogP contribution in [0.1, 0.15) is 5.56 Å². The lowest BCUT2D eigenvalue weighted by molar-refractivity contribution is 1.35. The molecule has 0 aliphatic heterocycles. The third kappa shape index (κ3) is 2.54. The predicted molar refractivity (Wildman–Crippen MR) is 91.2 cm³/mol. The van der Waals surface area contributed by atoms with Gasteiger partial charge in [0.2, 0.25) is 0 Å². The van der Waals surface area contributed by atoms with Gasteiger partial charge in [0, 0.05) is 0 Å². The molecule has 0 saturated heterocycles. The highest BCUT2D eigenvalue weighted by Crippen LogP contribution is 2.22. The Hall–Kier alpha value is -1.86. The van der Waals surface area contributed by atoms with Gasteiger partial charge < -0.3 is 0 Å². The fraction of sp³-hybridized carbons (Fsp3) is 0.158. The second-order valence-corrected chi connectivity index (χ2v) is 10.8. The van der Waals surface area contributed by atoms with Crippen LogP contribution in [0.2, 0.25) is 13.1 Å². The summed E-state index contributed by atoms with van der Waals surface area (Å²) in [5.74, 6) is 0. The molecule has 0 N–H and O–H groups in total. The molecule has 0 atom stereocenters. The normalized spacial score (nSPS) is 11.7. The average molecular weight is 276 g/mol. The van der Waals surface area contributed by atoms with E-state index in [-0.39, 0.29) is 0 Å². The van der Waals surface area contributed by atoms with Gasteiger partial charge in [0.05, 0.1) is 8.07 Å². The first-order valence-corrected chi connectivity index (χ1v) is 10.4. The summed E-state index contributed by atoms with van der Waals surface area (Å²) in [6.45, 7) is 4.92. The predicted octanol–water partition coefficient (Wildman–Crippen LogP) is 4.54. The van der Waals surface area contributed by atoms with Crippen LogP contribution >= 0.6 is 0 Å². The van der Waals surface area contributed by atoms with Gasteiger partial charge in [0.1, 0.15) is 0 Å². The van der Waals surface area contributed by atoms with Crippen molar-refractivity contribution in [3.8, 4) is 0 Å². The van der Waals surface area contributed by atoms with Gasteiger partial charge in [-0.25, -0.2) is 0 Å². The summed E-state index contributed by atoms with van der Waals surface area (Å²) in [7, 11) is -1.44. The van der Waals surface area contributed by atoms with Crippen molar-refractivity contribution >= 4 is 24.0 Å². The van der Waals surface area contributed by atoms with E-state index >= 15 is 0 Å². The highest BCUT2D eigenvalue weighted by atomic mass is 28.3. The summed E-state index contributed by atoms with van der Waals surface area (Å²) < 4.78 is 0. The number of fused-ring (bicyclic) bond motifs is 1. The Morgan fingerprint density at radius 3 is 2.15 bits per heavy atom. The van der Waals surface area contributed by atoms with Crippen molar-refractivity contribution in [2.45, 2.75) is 19.1 Å². The van der Waals surface area contributed by atoms with E-state index < -0.39 is 8.07 Å². The quantitative estimate of drug-likeness (QED) is 0.616. The Morgan fingerprint density at radius 2 is 1.35 bits per heavy atom. The zero-order chi connectivity index (χ0) is 14.0. The van der Waals surface area contributed by atoms with E-state index in [1.54, 1.807) is 0 Å². The first-order chi connectivity index (χ1) is 9.67. The van der Waals surface area contributed by atoms with Crippen molar-refractivity contribution in [3.05, 3.63) is 78.4 Å². The molecule has 100 valence electrons. The van der Waals surface area contributed by atoms with Crippen LogP contribution in [0, 0.1) is 0 Å². The molecule has 3 rings (SSSR count). The van der Waals surface area contributed by atoms with E-state index in [0.717, 1.165) is 0 Å². The molecular weight excluding hydrogens is 256 g/mol. The molecule has 0 radical (unpaired) electrons. The summed E-state index contributed by atoms with van der Waals surface area (Å²) in [5, 5.41) is 4.29. The second-order valence-electron chi connectivity index (χ2n) is 6.06. The van der Waals surface area contributed by atoms with Gasteiger partial charge in [-0.15, -0.1) is 0 Å². The molecule has 0 unspecified atom stereocenters. The molecule has 0 amide bonds. The minimum atomic E-state index is -1.44. The minimum absolute atomic E-state index is 1.19. The van der Waals surface area contributed by atoms with Gasteiger partial charge in [-0.2, -0.15) is 0 Å². The molecule has 0 saturated carbocycles. The largest absolute Gasteiger partial charge is 0.0849 e. The maximum atomic E-state index is 2.46. The van der Waals surface area contributed by atoms with E-state index in [0.29, 0.717) is 0 Å². The lowest BCUT2D eigenvalue weighted by Gasteiger charge is -2.24. The summed E-state index contributed by atoms with van der Waals surface area (Å²) >= 11 is 0. The van der Waals surface area contributed by atoms with Crippen molar-refractivity contribution in [3.63, 3.8) is 0 Å². The van der Waals surface area contributed by atoms with Crippen LogP contribution in [0.3, 0.4) is 0 Å². The zero-order valence-corrected chi connectivity index (χ0v) is 13.1. The molecule has 3 aromatic carbocycles. The van der Waals surface area contributed by atoms with Crippen LogP contribution in [0.15, 0.2) is 72.8 Å². The highest BCUT2D eigenvalue weighted by Gasteiger charge is 2.24. The topological polar surface area (TPSA) is 0 Å². The monoisotopic (exact) mass is 276 g/mol. The van der Waals surface area contributed by atoms with Crippen molar-refractivity contribution in [2.24, 2.45) is 0 Å². The summed E-state index contributed by atoms with van der Waals surface area (Å²) in [6, 6.07) is 27.6. The summed E-state index contributed by atoms with van der Waals surface area (Å²) in [5.41, 5.74) is 1.49. The van der Waals surface area contributed by atoms with Crippen LogP contribution in [0.5, 0.6) is 0 Å². The van der Waals surface area contributed by atoms with Crippen LogP contribution in [0.4, 0.5) is 0 Å². The maximum absolute atomic E-state index is 2.46. The fourth-order valence-corrected chi connectivity index (χ4v) is 5.47. The summed E-state index contributed by atoms with van der Waals surface area (Å²) in [4.78, 5) is 0. The molecule has 0 fully saturated rings. The van der Waals surface area contributed by atoms with Crippen LogP contribution in [-0.2, 0) is 6.04 Å². The van der Waals surface area contributed by atoms with E-state index in [4.69, 9.17) is 0 Å². The van der Waals surface area contributed by atoms with Gasteiger partial charge in [-0.3, -0.25) is 0 Å². The van der Waals surface area contributed by atoms with Crippen molar-refractivity contribution in [2.75, 3.05) is 0 Å². The second kappa shape index (κ2) is 5.26. The Kier molecular flexibility index (Phi) is 3.45. The molecule has 0 aromatic heterocycles. The molecule has 0 aliphatic carbocycles. The Bertz CT molecular complexity index is 709. The molecule has 20 heavy (non-hydrogen) atoms. The van der Waals surface area contributed by atoms with Crippen LogP contribution in [-0.4, -0.2) is 8.07 Å². The van der Waals surface area contributed by atoms with Gasteiger partial charge in [-0.05, 0) is 22.4 Å². The molecular formula is C19H20Si. The Morgan fingerprint density at radius 1 is 0.700 bits per heavy atom. The Labute approximate surface area is 122 Å².